The third-order valence-corrected chi connectivity index (χ3v) is 3.68. The van der Waals surface area contributed by atoms with Crippen molar-refractivity contribution in [1.82, 2.24) is 9.88 Å². The van der Waals surface area contributed by atoms with Crippen LogP contribution >= 0.6 is 0 Å². The normalized spacial score (nSPS) is 18.0. The Balaban J connectivity index is 2.18. The van der Waals surface area contributed by atoms with Crippen LogP contribution in [0.15, 0.2) is 36.5 Å². The van der Waals surface area contributed by atoms with Gasteiger partial charge in [0.1, 0.15) is 0 Å². The molecule has 1 aliphatic rings. The molecule has 0 spiro atoms. The highest BCUT2D eigenvalue weighted by molar-refractivity contribution is 6.40. The van der Waals surface area contributed by atoms with Crippen LogP contribution in [0.5, 0.6) is 0 Å². The fraction of sp³-hybridized carbons (Fsp3) is 0.200. The number of benzene rings is 1. The van der Waals surface area contributed by atoms with Gasteiger partial charge in [-0.1, -0.05) is 30.3 Å². The Bertz CT molecular complexity index is 689. The minimum atomic E-state index is -0.629. The average molecular weight is 269 g/mol. The summed E-state index contributed by atoms with van der Waals surface area (Å²) >= 11 is 0. The molecule has 0 bridgehead atoms. The lowest BCUT2D eigenvalue weighted by Crippen LogP contribution is -2.35. The fourth-order valence-corrected chi connectivity index (χ4v) is 2.55. The van der Waals surface area contributed by atoms with Crippen LogP contribution in [0.3, 0.4) is 0 Å². The van der Waals surface area contributed by atoms with E-state index in [0.29, 0.717) is 5.69 Å². The van der Waals surface area contributed by atoms with Crippen LogP contribution < -0.4 is 10.6 Å². The molecule has 0 aliphatic carbocycles. The third-order valence-electron chi connectivity index (χ3n) is 3.68. The molecule has 1 unspecified atom stereocenters. The van der Waals surface area contributed by atoms with Gasteiger partial charge in [0.2, 0.25) is 0 Å². The predicted molar refractivity (Wildman–Crippen MR) is 75.2 cm³/mol. The quantitative estimate of drug-likeness (QED) is 0.770. The second-order valence-corrected chi connectivity index (χ2v) is 4.92. The number of rotatable bonds is 1. The first-order valence-corrected chi connectivity index (χ1v) is 6.40. The predicted octanol–water partition coefficient (Wildman–Crippen LogP) is 1.49. The number of nitrogens with zero attached hydrogens (tertiary/aromatic N) is 1. The summed E-state index contributed by atoms with van der Waals surface area (Å²) in [5.41, 5.74) is 3.57. The van der Waals surface area contributed by atoms with E-state index in [-0.39, 0.29) is 6.04 Å². The maximum Gasteiger partial charge on any atom is 0.313 e. The second-order valence-electron chi connectivity index (χ2n) is 4.92. The van der Waals surface area contributed by atoms with Crippen LogP contribution in [0.1, 0.15) is 22.9 Å². The Labute approximate surface area is 116 Å². The standard InChI is InChI=1S/C15H15N3O2/c1-9-12-11(8-18(9)2)16-14(19)15(20)17-13(12)10-6-4-3-5-7-10/h3-8,13H,1-2H3,(H,16,19)(H,17,20). The number of fused-ring (bicyclic) bond motifs is 1. The van der Waals surface area contributed by atoms with Crippen molar-refractivity contribution in [1.29, 1.82) is 0 Å². The van der Waals surface area contributed by atoms with Gasteiger partial charge in [-0.3, -0.25) is 9.59 Å². The van der Waals surface area contributed by atoms with Gasteiger partial charge in [0, 0.05) is 24.5 Å². The van der Waals surface area contributed by atoms with Crippen LogP contribution in [-0.4, -0.2) is 16.4 Å². The summed E-state index contributed by atoms with van der Waals surface area (Å²) in [5.74, 6) is -1.24. The van der Waals surface area contributed by atoms with Crippen molar-refractivity contribution in [2.75, 3.05) is 5.32 Å². The van der Waals surface area contributed by atoms with Crippen LogP contribution in [0.25, 0.3) is 0 Å². The molecule has 2 aromatic rings. The monoisotopic (exact) mass is 269 g/mol. The summed E-state index contributed by atoms with van der Waals surface area (Å²) < 4.78 is 1.94. The Morgan fingerprint density at radius 1 is 1.10 bits per heavy atom. The zero-order valence-corrected chi connectivity index (χ0v) is 11.3. The Morgan fingerprint density at radius 2 is 1.80 bits per heavy atom. The van der Waals surface area contributed by atoms with Gasteiger partial charge in [0.05, 0.1) is 11.7 Å². The maximum absolute atomic E-state index is 11.8. The smallest absolute Gasteiger partial charge is 0.313 e. The minimum absolute atomic E-state index is 0.321. The molecule has 0 saturated carbocycles. The van der Waals surface area contributed by atoms with E-state index in [1.54, 1.807) is 0 Å². The van der Waals surface area contributed by atoms with E-state index in [1.807, 2.05) is 55.1 Å². The SMILES string of the molecule is Cc1c2c(cn1C)NC(=O)C(=O)NC2c1ccccc1. The summed E-state index contributed by atoms with van der Waals surface area (Å²) in [7, 11) is 1.92. The van der Waals surface area contributed by atoms with Gasteiger partial charge in [0.25, 0.3) is 0 Å². The topological polar surface area (TPSA) is 63.1 Å². The summed E-state index contributed by atoms with van der Waals surface area (Å²) in [6.07, 6.45) is 1.83. The number of aryl methyl sites for hydroxylation is 1. The molecule has 2 N–H and O–H groups in total. The summed E-state index contributed by atoms with van der Waals surface area (Å²) in [6, 6.07) is 9.32. The first-order chi connectivity index (χ1) is 9.58. The highest BCUT2D eigenvalue weighted by atomic mass is 16.2. The number of aromatic nitrogens is 1. The molecule has 20 heavy (non-hydrogen) atoms. The van der Waals surface area contributed by atoms with Crippen molar-refractivity contribution in [3.63, 3.8) is 0 Å². The van der Waals surface area contributed by atoms with Crippen LogP contribution in [-0.2, 0) is 16.6 Å². The minimum Gasteiger partial charge on any atom is -0.352 e. The number of nitrogens with one attached hydrogen (secondary N) is 2. The first kappa shape index (κ1) is 12.5. The molecule has 1 atom stereocenters. The highest BCUT2D eigenvalue weighted by Gasteiger charge is 2.31. The van der Waals surface area contributed by atoms with Crippen molar-refractivity contribution >= 4 is 17.5 Å². The largest absolute Gasteiger partial charge is 0.352 e. The number of amides is 2. The molecular formula is C15H15N3O2. The Kier molecular flexibility index (Phi) is 2.82. The van der Waals surface area contributed by atoms with Gasteiger partial charge in [-0.2, -0.15) is 0 Å². The van der Waals surface area contributed by atoms with E-state index in [0.717, 1.165) is 16.8 Å². The maximum atomic E-state index is 11.8. The van der Waals surface area contributed by atoms with Gasteiger partial charge < -0.3 is 15.2 Å². The Hall–Kier alpha value is -2.56. The van der Waals surface area contributed by atoms with E-state index >= 15 is 0 Å². The molecule has 5 heteroatoms. The lowest BCUT2D eigenvalue weighted by atomic mass is 9.98. The van der Waals surface area contributed by atoms with E-state index in [2.05, 4.69) is 10.6 Å². The molecule has 1 aliphatic heterocycles. The first-order valence-electron chi connectivity index (χ1n) is 6.40. The molecule has 2 heterocycles. The number of anilines is 1. The van der Waals surface area contributed by atoms with Crippen molar-refractivity contribution in [3.8, 4) is 0 Å². The van der Waals surface area contributed by atoms with Gasteiger partial charge in [0.15, 0.2) is 0 Å². The molecule has 0 radical (unpaired) electrons. The molecule has 1 aromatic heterocycles. The van der Waals surface area contributed by atoms with Crippen molar-refractivity contribution in [2.45, 2.75) is 13.0 Å². The number of carbonyl (C=O) groups excluding carboxylic acids is 2. The van der Waals surface area contributed by atoms with E-state index < -0.39 is 11.8 Å². The zero-order chi connectivity index (χ0) is 14.3. The molecule has 0 fully saturated rings. The second kappa shape index (κ2) is 4.52. The lowest BCUT2D eigenvalue weighted by molar-refractivity contribution is -0.136. The zero-order valence-electron chi connectivity index (χ0n) is 11.3. The molecular weight excluding hydrogens is 254 g/mol. The highest BCUT2D eigenvalue weighted by Crippen LogP contribution is 2.33. The summed E-state index contributed by atoms with van der Waals surface area (Å²) in [4.78, 5) is 23.6. The molecule has 0 saturated heterocycles. The Morgan fingerprint density at radius 3 is 2.50 bits per heavy atom. The van der Waals surface area contributed by atoms with Crippen molar-refractivity contribution < 1.29 is 9.59 Å². The van der Waals surface area contributed by atoms with Crippen LogP contribution in [0.4, 0.5) is 5.69 Å². The summed E-state index contributed by atoms with van der Waals surface area (Å²) in [6.45, 7) is 1.97. The van der Waals surface area contributed by atoms with E-state index in [4.69, 9.17) is 0 Å². The average Bonchev–Trinajstić information content (AvgIpc) is 2.64. The number of hydrogen-bond donors (Lipinski definition) is 2. The lowest BCUT2D eigenvalue weighted by Gasteiger charge is -2.17. The number of hydrogen-bond acceptors (Lipinski definition) is 2. The van der Waals surface area contributed by atoms with E-state index in [9.17, 15) is 9.59 Å². The van der Waals surface area contributed by atoms with Gasteiger partial charge >= 0.3 is 11.8 Å². The molecule has 5 nitrogen and oxygen atoms in total. The fourth-order valence-electron chi connectivity index (χ4n) is 2.55. The van der Waals surface area contributed by atoms with E-state index in [1.165, 1.54) is 0 Å². The van der Waals surface area contributed by atoms with Gasteiger partial charge in [-0.15, -0.1) is 0 Å². The van der Waals surface area contributed by atoms with Crippen molar-refractivity contribution in [3.05, 3.63) is 53.3 Å². The van der Waals surface area contributed by atoms with Crippen molar-refractivity contribution in [2.24, 2.45) is 7.05 Å². The van der Waals surface area contributed by atoms with Gasteiger partial charge in [-0.05, 0) is 12.5 Å². The molecule has 2 amide bonds. The van der Waals surface area contributed by atoms with Gasteiger partial charge in [-0.25, -0.2) is 0 Å². The third kappa shape index (κ3) is 1.87. The van der Waals surface area contributed by atoms with Crippen LogP contribution in [0.2, 0.25) is 0 Å². The molecule has 3 rings (SSSR count). The number of carbonyl (C=O) groups is 2. The molecule has 102 valence electrons. The molecule has 1 aromatic carbocycles. The summed E-state index contributed by atoms with van der Waals surface area (Å²) in [5, 5.41) is 5.45. The van der Waals surface area contributed by atoms with Crippen LogP contribution in [0, 0.1) is 6.92 Å².